The Hall–Kier alpha value is -1.36. The molecule has 1 N–H and O–H groups in total. The molecule has 0 bridgehead atoms. The minimum atomic E-state index is -0.733. The van der Waals surface area contributed by atoms with Crippen LogP contribution in [0.1, 0.15) is 25.6 Å². The summed E-state index contributed by atoms with van der Waals surface area (Å²) in [4.78, 5) is 15.9. The molecule has 19 heavy (non-hydrogen) atoms. The lowest BCUT2D eigenvalue weighted by atomic mass is 10.1. The Labute approximate surface area is 119 Å². The number of carbonyl (C=O) groups is 1. The molecule has 1 fully saturated rings. The molecular formula is C14H15BrN2O2. The SMILES string of the molecule is Cn1c(C2C(C(=O)O)C2(C)C)nc2cc(Br)ccc21. The van der Waals surface area contributed by atoms with Crippen LogP contribution in [0.2, 0.25) is 0 Å². The number of rotatable bonds is 2. The molecule has 2 atom stereocenters. The number of nitrogens with zero attached hydrogens (tertiary/aromatic N) is 2. The van der Waals surface area contributed by atoms with Gasteiger partial charge in [-0.3, -0.25) is 4.79 Å². The van der Waals surface area contributed by atoms with Gasteiger partial charge < -0.3 is 9.67 Å². The van der Waals surface area contributed by atoms with Gasteiger partial charge in [-0.05, 0) is 23.6 Å². The van der Waals surface area contributed by atoms with Crippen LogP contribution in [0.3, 0.4) is 0 Å². The molecule has 100 valence electrons. The zero-order chi connectivity index (χ0) is 13.9. The summed E-state index contributed by atoms with van der Waals surface area (Å²) in [6, 6.07) is 5.94. The quantitative estimate of drug-likeness (QED) is 0.924. The van der Waals surface area contributed by atoms with Gasteiger partial charge >= 0.3 is 5.97 Å². The Morgan fingerprint density at radius 2 is 2.16 bits per heavy atom. The Morgan fingerprint density at radius 3 is 2.74 bits per heavy atom. The van der Waals surface area contributed by atoms with Gasteiger partial charge in [-0.1, -0.05) is 29.8 Å². The second-order valence-corrected chi connectivity index (χ2v) is 6.69. The maximum atomic E-state index is 11.3. The van der Waals surface area contributed by atoms with Crippen molar-refractivity contribution in [3.8, 4) is 0 Å². The van der Waals surface area contributed by atoms with Crippen molar-refractivity contribution >= 4 is 32.9 Å². The molecule has 0 amide bonds. The largest absolute Gasteiger partial charge is 0.481 e. The molecule has 0 aliphatic heterocycles. The fourth-order valence-corrected chi connectivity index (χ4v) is 3.40. The minimum absolute atomic E-state index is 0.0128. The molecule has 1 aromatic carbocycles. The summed E-state index contributed by atoms with van der Waals surface area (Å²) in [6.07, 6.45) is 0. The summed E-state index contributed by atoms with van der Waals surface area (Å²) in [6.45, 7) is 3.98. The van der Waals surface area contributed by atoms with Crippen LogP contribution in [-0.4, -0.2) is 20.6 Å². The third-order valence-electron chi connectivity index (χ3n) is 4.25. The van der Waals surface area contributed by atoms with E-state index in [2.05, 4.69) is 20.9 Å². The number of carboxylic acid groups (broad SMARTS) is 1. The van der Waals surface area contributed by atoms with Crippen LogP contribution >= 0.6 is 15.9 Å². The fourth-order valence-electron chi connectivity index (χ4n) is 3.05. The summed E-state index contributed by atoms with van der Waals surface area (Å²) in [5, 5.41) is 9.29. The predicted molar refractivity (Wildman–Crippen MR) is 76.1 cm³/mol. The van der Waals surface area contributed by atoms with Gasteiger partial charge in [0, 0.05) is 17.4 Å². The van der Waals surface area contributed by atoms with Crippen molar-refractivity contribution in [2.24, 2.45) is 18.4 Å². The molecule has 1 aliphatic rings. The standard InChI is InChI=1S/C14H15BrN2O2/c1-14(2)10(11(14)13(18)19)12-16-8-6-7(15)4-5-9(8)17(12)3/h4-6,10-11H,1-3H3,(H,18,19). The number of aliphatic carboxylic acids is 1. The van der Waals surface area contributed by atoms with Crippen molar-refractivity contribution in [2.45, 2.75) is 19.8 Å². The zero-order valence-electron chi connectivity index (χ0n) is 11.0. The first kappa shape index (κ1) is 12.7. The lowest BCUT2D eigenvalue weighted by Gasteiger charge is -2.03. The molecule has 1 saturated carbocycles. The van der Waals surface area contributed by atoms with Gasteiger partial charge in [0.05, 0.1) is 17.0 Å². The number of hydrogen-bond acceptors (Lipinski definition) is 2. The Bertz CT molecular complexity index is 690. The second-order valence-electron chi connectivity index (χ2n) is 5.78. The lowest BCUT2D eigenvalue weighted by molar-refractivity contribution is -0.139. The second kappa shape index (κ2) is 3.82. The molecule has 5 heteroatoms. The summed E-state index contributed by atoms with van der Waals surface area (Å²) in [7, 11) is 1.95. The van der Waals surface area contributed by atoms with E-state index in [1.54, 1.807) is 0 Å². The number of carboxylic acids is 1. The van der Waals surface area contributed by atoms with Crippen LogP contribution in [0, 0.1) is 11.3 Å². The highest BCUT2D eigenvalue weighted by Gasteiger charge is 2.64. The molecule has 2 aromatic rings. The maximum absolute atomic E-state index is 11.3. The molecule has 1 heterocycles. The van der Waals surface area contributed by atoms with Gasteiger partial charge in [0.2, 0.25) is 0 Å². The first-order valence-corrected chi connectivity index (χ1v) is 6.98. The summed E-state index contributed by atoms with van der Waals surface area (Å²) < 4.78 is 2.99. The first-order chi connectivity index (χ1) is 8.84. The molecule has 2 unspecified atom stereocenters. The van der Waals surface area contributed by atoms with Gasteiger partial charge in [-0.2, -0.15) is 0 Å². The van der Waals surface area contributed by atoms with Crippen LogP contribution in [-0.2, 0) is 11.8 Å². The third-order valence-corrected chi connectivity index (χ3v) is 4.74. The summed E-state index contributed by atoms with van der Waals surface area (Å²) in [5.74, 6) is -0.221. The normalized spacial score (nSPS) is 24.6. The monoisotopic (exact) mass is 322 g/mol. The van der Waals surface area contributed by atoms with E-state index in [1.165, 1.54) is 0 Å². The molecule has 1 aromatic heterocycles. The number of hydrogen-bond donors (Lipinski definition) is 1. The van der Waals surface area contributed by atoms with Crippen LogP contribution < -0.4 is 0 Å². The number of imidazole rings is 1. The van der Waals surface area contributed by atoms with Crippen molar-refractivity contribution < 1.29 is 9.90 Å². The topological polar surface area (TPSA) is 55.1 Å². The molecule has 0 saturated heterocycles. The van der Waals surface area contributed by atoms with Crippen molar-refractivity contribution in [1.29, 1.82) is 0 Å². The van der Waals surface area contributed by atoms with Crippen LogP contribution in [0.25, 0.3) is 11.0 Å². The van der Waals surface area contributed by atoms with E-state index in [1.807, 2.05) is 43.7 Å². The van der Waals surface area contributed by atoms with Gasteiger partial charge in [-0.15, -0.1) is 0 Å². The number of fused-ring (bicyclic) bond motifs is 1. The lowest BCUT2D eigenvalue weighted by Crippen LogP contribution is -2.03. The van der Waals surface area contributed by atoms with Crippen LogP contribution in [0.15, 0.2) is 22.7 Å². The summed E-state index contributed by atoms with van der Waals surface area (Å²) in [5.41, 5.74) is 1.71. The molecule has 3 rings (SSSR count). The van der Waals surface area contributed by atoms with Crippen LogP contribution in [0.5, 0.6) is 0 Å². The summed E-state index contributed by atoms with van der Waals surface area (Å²) >= 11 is 3.43. The van der Waals surface area contributed by atoms with E-state index < -0.39 is 5.97 Å². The molecule has 0 radical (unpaired) electrons. The van der Waals surface area contributed by atoms with Crippen molar-refractivity contribution in [2.75, 3.05) is 0 Å². The Kier molecular flexibility index (Phi) is 2.55. The zero-order valence-corrected chi connectivity index (χ0v) is 12.6. The van der Waals surface area contributed by atoms with Crippen molar-refractivity contribution in [3.63, 3.8) is 0 Å². The van der Waals surface area contributed by atoms with E-state index in [4.69, 9.17) is 0 Å². The van der Waals surface area contributed by atoms with E-state index in [0.717, 1.165) is 21.3 Å². The predicted octanol–water partition coefficient (Wildman–Crippen LogP) is 3.16. The van der Waals surface area contributed by atoms with E-state index >= 15 is 0 Å². The highest BCUT2D eigenvalue weighted by molar-refractivity contribution is 9.10. The van der Waals surface area contributed by atoms with E-state index in [-0.39, 0.29) is 17.3 Å². The third kappa shape index (κ3) is 1.71. The van der Waals surface area contributed by atoms with E-state index in [9.17, 15) is 9.90 Å². The Balaban J connectivity index is 2.12. The molecule has 4 nitrogen and oxygen atoms in total. The average Bonchev–Trinajstić information content (AvgIpc) is 2.74. The number of benzene rings is 1. The molecular weight excluding hydrogens is 308 g/mol. The van der Waals surface area contributed by atoms with Gasteiger partial charge in [0.15, 0.2) is 0 Å². The smallest absolute Gasteiger partial charge is 0.307 e. The molecule has 0 spiro atoms. The van der Waals surface area contributed by atoms with Crippen LogP contribution in [0.4, 0.5) is 0 Å². The van der Waals surface area contributed by atoms with Crippen molar-refractivity contribution in [3.05, 3.63) is 28.5 Å². The highest BCUT2D eigenvalue weighted by Crippen LogP contribution is 2.64. The maximum Gasteiger partial charge on any atom is 0.307 e. The molecule has 1 aliphatic carbocycles. The number of aromatic nitrogens is 2. The fraction of sp³-hybridized carbons (Fsp3) is 0.429. The highest BCUT2D eigenvalue weighted by atomic mass is 79.9. The van der Waals surface area contributed by atoms with Gasteiger partial charge in [-0.25, -0.2) is 4.98 Å². The number of halogens is 1. The van der Waals surface area contributed by atoms with Gasteiger partial charge in [0.1, 0.15) is 5.82 Å². The van der Waals surface area contributed by atoms with Gasteiger partial charge in [0.25, 0.3) is 0 Å². The average molecular weight is 323 g/mol. The first-order valence-electron chi connectivity index (χ1n) is 6.18. The minimum Gasteiger partial charge on any atom is -0.481 e. The van der Waals surface area contributed by atoms with Crippen molar-refractivity contribution in [1.82, 2.24) is 9.55 Å². The van der Waals surface area contributed by atoms with E-state index in [0.29, 0.717) is 0 Å². The Morgan fingerprint density at radius 1 is 1.47 bits per heavy atom. The number of aryl methyl sites for hydroxylation is 1.